The number of aromatic amines is 1. The first-order valence-electron chi connectivity index (χ1n) is 8.02. The first-order chi connectivity index (χ1) is 12.5. The second-order valence-electron chi connectivity index (χ2n) is 5.68. The van der Waals surface area contributed by atoms with Gasteiger partial charge in [0.15, 0.2) is 0 Å². The second-order valence-corrected chi connectivity index (χ2v) is 5.68. The van der Waals surface area contributed by atoms with Gasteiger partial charge < -0.3 is 19.6 Å². The van der Waals surface area contributed by atoms with E-state index in [4.69, 9.17) is 9.26 Å². The number of benzene rings is 1. The Bertz CT molecular complexity index is 977. The Hall–Kier alpha value is -3.42. The summed E-state index contributed by atoms with van der Waals surface area (Å²) in [6, 6.07) is 10.5. The Morgan fingerprint density at radius 3 is 2.92 bits per heavy atom. The molecule has 0 fully saturated rings. The van der Waals surface area contributed by atoms with Crippen molar-refractivity contribution in [2.75, 3.05) is 12.4 Å². The maximum absolute atomic E-state index is 12.1. The zero-order valence-electron chi connectivity index (χ0n) is 14.4. The number of anilines is 1. The molecule has 2 heterocycles. The van der Waals surface area contributed by atoms with Gasteiger partial charge in [-0.3, -0.25) is 9.59 Å². The lowest BCUT2D eigenvalue weighted by Gasteiger charge is -2.06. The van der Waals surface area contributed by atoms with Crippen LogP contribution < -0.4 is 15.6 Å². The number of aromatic nitrogens is 3. The van der Waals surface area contributed by atoms with Crippen molar-refractivity contribution < 1.29 is 14.1 Å². The molecule has 8 heteroatoms. The van der Waals surface area contributed by atoms with Gasteiger partial charge in [-0.05, 0) is 31.2 Å². The smallest absolute Gasteiger partial charge is 0.259 e. The normalized spacial score (nSPS) is 10.5. The number of methoxy groups -OCH3 is 1. The van der Waals surface area contributed by atoms with Crippen molar-refractivity contribution >= 4 is 11.6 Å². The molecule has 2 aromatic heterocycles. The predicted molar refractivity (Wildman–Crippen MR) is 95.0 cm³/mol. The summed E-state index contributed by atoms with van der Waals surface area (Å²) in [7, 11) is 1.56. The minimum atomic E-state index is -0.284. The highest BCUT2D eigenvalue weighted by Gasteiger charge is 2.13. The van der Waals surface area contributed by atoms with Crippen LogP contribution in [0, 0.1) is 6.92 Å². The third-order valence-corrected chi connectivity index (χ3v) is 3.68. The van der Waals surface area contributed by atoms with Gasteiger partial charge in [0.1, 0.15) is 5.75 Å². The van der Waals surface area contributed by atoms with Gasteiger partial charge in [0.2, 0.25) is 17.6 Å². The molecule has 1 aromatic carbocycles. The third kappa shape index (κ3) is 4.15. The second kappa shape index (κ2) is 7.64. The third-order valence-electron chi connectivity index (χ3n) is 3.68. The molecular weight excluding hydrogens is 336 g/mol. The van der Waals surface area contributed by atoms with Gasteiger partial charge in [0, 0.05) is 30.3 Å². The summed E-state index contributed by atoms with van der Waals surface area (Å²) in [5, 5.41) is 6.58. The number of hydrogen-bond acceptors (Lipinski definition) is 6. The monoisotopic (exact) mass is 354 g/mol. The molecule has 0 spiro atoms. The fraction of sp³-hybridized carbons (Fsp3) is 0.222. The fourth-order valence-corrected chi connectivity index (χ4v) is 2.36. The van der Waals surface area contributed by atoms with E-state index in [0.29, 0.717) is 22.9 Å². The lowest BCUT2D eigenvalue weighted by Crippen LogP contribution is -2.12. The zero-order chi connectivity index (χ0) is 18.5. The van der Waals surface area contributed by atoms with Crippen LogP contribution in [0.1, 0.15) is 18.0 Å². The summed E-state index contributed by atoms with van der Waals surface area (Å²) in [4.78, 5) is 30.8. The van der Waals surface area contributed by atoms with Crippen molar-refractivity contribution in [2.24, 2.45) is 0 Å². The van der Waals surface area contributed by atoms with Crippen LogP contribution in [0.4, 0.5) is 5.69 Å². The molecule has 0 bridgehead atoms. The number of rotatable bonds is 6. The number of hydrogen-bond donors (Lipinski definition) is 2. The van der Waals surface area contributed by atoms with Crippen molar-refractivity contribution in [2.45, 2.75) is 19.8 Å². The van der Waals surface area contributed by atoms with Gasteiger partial charge >= 0.3 is 0 Å². The van der Waals surface area contributed by atoms with Gasteiger partial charge in [0.05, 0.1) is 12.7 Å². The van der Waals surface area contributed by atoms with Crippen molar-refractivity contribution in [1.82, 2.24) is 15.1 Å². The van der Waals surface area contributed by atoms with Crippen LogP contribution in [0.2, 0.25) is 0 Å². The largest absolute Gasteiger partial charge is 0.497 e. The molecule has 0 aliphatic heterocycles. The maximum Gasteiger partial charge on any atom is 0.259 e. The predicted octanol–water partition coefficient (Wildman–Crippen LogP) is 2.31. The van der Waals surface area contributed by atoms with Gasteiger partial charge in [0.25, 0.3) is 5.56 Å². The van der Waals surface area contributed by atoms with E-state index >= 15 is 0 Å². The first kappa shape index (κ1) is 17.4. The van der Waals surface area contributed by atoms with E-state index in [1.807, 2.05) is 0 Å². The average Bonchev–Trinajstić information content (AvgIpc) is 3.09. The van der Waals surface area contributed by atoms with E-state index < -0.39 is 0 Å². The van der Waals surface area contributed by atoms with E-state index in [0.717, 1.165) is 5.69 Å². The number of nitrogens with zero attached hydrogens (tertiary/aromatic N) is 2. The van der Waals surface area contributed by atoms with Crippen LogP contribution in [0.15, 0.2) is 45.7 Å². The molecule has 3 aromatic rings. The van der Waals surface area contributed by atoms with Crippen LogP contribution in [0.25, 0.3) is 11.4 Å². The van der Waals surface area contributed by atoms with E-state index in [-0.39, 0.29) is 30.1 Å². The van der Waals surface area contributed by atoms with Crippen molar-refractivity contribution in [3.05, 3.63) is 58.3 Å². The average molecular weight is 354 g/mol. The summed E-state index contributed by atoms with van der Waals surface area (Å²) in [5.74, 6) is 0.967. The number of nitrogens with one attached hydrogen (secondary N) is 2. The minimum Gasteiger partial charge on any atom is -0.497 e. The maximum atomic E-state index is 12.1. The quantitative estimate of drug-likeness (QED) is 0.703. The number of pyridine rings is 1. The van der Waals surface area contributed by atoms with Crippen LogP contribution in [-0.2, 0) is 11.2 Å². The van der Waals surface area contributed by atoms with Crippen molar-refractivity contribution in [1.29, 1.82) is 0 Å². The fourth-order valence-electron chi connectivity index (χ4n) is 2.36. The molecule has 0 aliphatic carbocycles. The molecule has 0 saturated carbocycles. The van der Waals surface area contributed by atoms with E-state index in [1.54, 1.807) is 50.4 Å². The molecule has 0 saturated heterocycles. The number of ether oxygens (including phenoxy) is 1. The van der Waals surface area contributed by atoms with E-state index in [9.17, 15) is 9.59 Å². The number of carbonyl (C=O) groups is 1. The molecule has 0 radical (unpaired) electrons. The van der Waals surface area contributed by atoms with Crippen LogP contribution in [0.3, 0.4) is 0 Å². The van der Waals surface area contributed by atoms with Gasteiger partial charge in [-0.25, -0.2) is 0 Å². The minimum absolute atomic E-state index is 0.170. The van der Waals surface area contributed by atoms with Gasteiger partial charge in [-0.15, -0.1) is 0 Å². The SMILES string of the molecule is COc1cccc(NC(=O)CCc2nc(-c3ccc(C)[nH]c3=O)no2)c1. The Balaban J connectivity index is 1.60. The summed E-state index contributed by atoms with van der Waals surface area (Å²) in [6.07, 6.45) is 0.440. The summed E-state index contributed by atoms with van der Waals surface area (Å²) >= 11 is 0. The van der Waals surface area contributed by atoms with Crippen molar-refractivity contribution in [3.63, 3.8) is 0 Å². The Labute approximate surface area is 149 Å². The Morgan fingerprint density at radius 2 is 2.15 bits per heavy atom. The lowest BCUT2D eigenvalue weighted by molar-refractivity contribution is -0.116. The van der Waals surface area contributed by atoms with Crippen molar-refractivity contribution in [3.8, 4) is 17.1 Å². The number of amides is 1. The van der Waals surface area contributed by atoms with Crippen LogP contribution >= 0.6 is 0 Å². The summed E-state index contributed by atoms with van der Waals surface area (Å²) < 4.78 is 10.2. The van der Waals surface area contributed by atoms with Gasteiger partial charge in [-0.2, -0.15) is 4.98 Å². The molecule has 26 heavy (non-hydrogen) atoms. The zero-order valence-corrected chi connectivity index (χ0v) is 14.4. The molecule has 0 aliphatic rings. The van der Waals surface area contributed by atoms with E-state index in [2.05, 4.69) is 20.4 Å². The van der Waals surface area contributed by atoms with Crippen LogP contribution in [-0.4, -0.2) is 28.1 Å². The molecule has 2 N–H and O–H groups in total. The molecule has 0 atom stereocenters. The summed E-state index contributed by atoms with van der Waals surface area (Å²) in [5.41, 5.74) is 1.43. The molecule has 0 unspecified atom stereocenters. The highest BCUT2D eigenvalue weighted by atomic mass is 16.5. The molecule has 134 valence electrons. The number of H-pyrrole nitrogens is 1. The van der Waals surface area contributed by atoms with Gasteiger partial charge in [-0.1, -0.05) is 11.2 Å². The highest BCUT2D eigenvalue weighted by molar-refractivity contribution is 5.90. The number of carbonyl (C=O) groups excluding carboxylic acids is 1. The Morgan fingerprint density at radius 1 is 1.31 bits per heavy atom. The highest BCUT2D eigenvalue weighted by Crippen LogP contribution is 2.17. The topological polar surface area (TPSA) is 110 Å². The number of aryl methyl sites for hydroxylation is 2. The van der Waals surface area contributed by atoms with Crippen LogP contribution in [0.5, 0.6) is 5.75 Å². The molecular formula is C18H18N4O4. The van der Waals surface area contributed by atoms with E-state index in [1.165, 1.54) is 0 Å². The molecule has 3 rings (SSSR count). The standard InChI is InChI=1S/C18H18N4O4/c1-11-6-7-14(18(24)19-11)17-21-16(26-22-17)9-8-15(23)20-12-4-3-5-13(10-12)25-2/h3-7,10H,8-9H2,1-2H3,(H,19,24)(H,20,23). The molecule has 1 amide bonds. The lowest BCUT2D eigenvalue weighted by atomic mass is 10.2. The molecule has 8 nitrogen and oxygen atoms in total. The summed E-state index contributed by atoms with van der Waals surface area (Å²) in [6.45, 7) is 1.79. The first-order valence-corrected chi connectivity index (χ1v) is 8.02. The Kier molecular flexibility index (Phi) is 5.12.